The SMILES string of the molecule is NC(C1=CCCO1)c1cc(Br)ccc1Br. The Morgan fingerprint density at radius 3 is 2.80 bits per heavy atom. The summed E-state index contributed by atoms with van der Waals surface area (Å²) in [6, 6.07) is 5.79. The first kappa shape index (κ1) is 11.2. The average molecular weight is 333 g/mol. The smallest absolute Gasteiger partial charge is 0.113 e. The van der Waals surface area contributed by atoms with Gasteiger partial charge in [0.2, 0.25) is 0 Å². The lowest BCUT2D eigenvalue weighted by atomic mass is 10.1. The summed E-state index contributed by atoms with van der Waals surface area (Å²) < 4.78 is 7.50. The van der Waals surface area contributed by atoms with Gasteiger partial charge in [0.15, 0.2) is 0 Å². The second-order valence-corrected chi connectivity index (χ2v) is 5.16. The van der Waals surface area contributed by atoms with Gasteiger partial charge in [0.05, 0.1) is 12.6 Å². The molecule has 0 saturated heterocycles. The van der Waals surface area contributed by atoms with E-state index in [1.54, 1.807) is 0 Å². The molecule has 4 heteroatoms. The van der Waals surface area contributed by atoms with Gasteiger partial charge in [-0.1, -0.05) is 31.9 Å². The zero-order valence-electron chi connectivity index (χ0n) is 8.04. The number of halogens is 2. The summed E-state index contributed by atoms with van der Waals surface area (Å²) in [6.45, 7) is 0.745. The minimum absolute atomic E-state index is 0.181. The van der Waals surface area contributed by atoms with Crippen molar-refractivity contribution in [2.45, 2.75) is 12.5 Å². The molecular formula is C11H11Br2NO. The van der Waals surface area contributed by atoms with Crippen molar-refractivity contribution in [3.8, 4) is 0 Å². The van der Waals surface area contributed by atoms with Crippen LogP contribution >= 0.6 is 31.9 Å². The van der Waals surface area contributed by atoms with Crippen molar-refractivity contribution in [3.05, 3.63) is 44.5 Å². The predicted octanol–water partition coefficient (Wildman–Crippen LogP) is 3.52. The van der Waals surface area contributed by atoms with Gasteiger partial charge >= 0.3 is 0 Å². The lowest BCUT2D eigenvalue weighted by molar-refractivity contribution is 0.225. The number of hydrogen-bond acceptors (Lipinski definition) is 2. The topological polar surface area (TPSA) is 35.2 Å². The van der Waals surface area contributed by atoms with Gasteiger partial charge in [0.25, 0.3) is 0 Å². The van der Waals surface area contributed by atoms with Crippen molar-refractivity contribution in [3.63, 3.8) is 0 Å². The van der Waals surface area contributed by atoms with Crippen LogP contribution in [0.4, 0.5) is 0 Å². The monoisotopic (exact) mass is 331 g/mol. The normalized spacial score (nSPS) is 17.1. The van der Waals surface area contributed by atoms with Gasteiger partial charge in [-0.05, 0) is 29.8 Å². The summed E-state index contributed by atoms with van der Waals surface area (Å²) in [6.07, 6.45) is 3.01. The van der Waals surface area contributed by atoms with Crippen LogP contribution in [0, 0.1) is 0 Å². The average Bonchev–Trinajstić information content (AvgIpc) is 2.74. The lowest BCUT2D eigenvalue weighted by Crippen LogP contribution is -2.14. The van der Waals surface area contributed by atoms with Crippen LogP contribution in [-0.2, 0) is 4.74 Å². The Kier molecular flexibility index (Phi) is 3.49. The fourth-order valence-corrected chi connectivity index (χ4v) is 2.43. The fourth-order valence-electron chi connectivity index (χ4n) is 1.56. The van der Waals surface area contributed by atoms with Crippen LogP contribution < -0.4 is 5.73 Å². The summed E-state index contributed by atoms with van der Waals surface area (Å²) >= 11 is 6.93. The third kappa shape index (κ3) is 2.44. The molecule has 0 saturated carbocycles. The molecule has 2 nitrogen and oxygen atoms in total. The molecule has 80 valence electrons. The van der Waals surface area contributed by atoms with Crippen molar-refractivity contribution in [1.29, 1.82) is 0 Å². The third-order valence-corrected chi connectivity index (χ3v) is 3.55. The Balaban J connectivity index is 2.31. The van der Waals surface area contributed by atoms with E-state index in [4.69, 9.17) is 10.5 Å². The number of benzene rings is 1. The Hall–Kier alpha value is -0.320. The number of ether oxygens (including phenoxy) is 1. The van der Waals surface area contributed by atoms with Gasteiger partial charge in [0, 0.05) is 15.4 Å². The second kappa shape index (κ2) is 4.68. The molecule has 0 bridgehead atoms. The second-order valence-electron chi connectivity index (χ2n) is 3.39. The highest BCUT2D eigenvalue weighted by molar-refractivity contribution is 9.11. The van der Waals surface area contributed by atoms with Crippen molar-refractivity contribution in [1.82, 2.24) is 0 Å². The molecule has 1 atom stereocenters. The van der Waals surface area contributed by atoms with Gasteiger partial charge in [-0.15, -0.1) is 0 Å². The number of rotatable bonds is 2. The van der Waals surface area contributed by atoms with E-state index in [1.807, 2.05) is 18.2 Å². The Morgan fingerprint density at radius 1 is 1.33 bits per heavy atom. The van der Waals surface area contributed by atoms with Crippen LogP contribution in [-0.4, -0.2) is 6.61 Å². The van der Waals surface area contributed by atoms with Crippen LogP contribution in [0.5, 0.6) is 0 Å². The zero-order chi connectivity index (χ0) is 10.8. The molecule has 1 heterocycles. The van der Waals surface area contributed by atoms with E-state index in [0.29, 0.717) is 0 Å². The van der Waals surface area contributed by atoms with E-state index >= 15 is 0 Å². The Morgan fingerprint density at radius 2 is 2.13 bits per heavy atom. The first-order valence-electron chi connectivity index (χ1n) is 4.72. The van der Waals surface area contributed by atoms with Crippen LogP contribution in [0.1, 0.15) is 18.0 Å². The maximum Gasteiger partial charge on any atom is 0.113 e. The first-order valence-corrected chi connectivity index (χ1v) is 6.30. The molecule has 0 amide bonds. The number of nitrogens with two attached hydrogens (primary N) is 1. The summed E-state index contributed by atoms with van der Waals surface area (Å²) in [5.41, 5.74) is 7.17. The van der Waals surface area contributed by atoms with Crippen LogP contribution in [0.25, 0.3) is 0 Å². The highest BCUT2D eigenvalue weighted by Crippen LogP contribution is 2.31. The summed E-state index contributed by atoms with van der Waals surface area (Å²) in [4.78, 5) is 0. The van der Waals surface area contributed by atoms with Gasteiger partial charge in [0.1, 0.15) is 5.76 Å². The summed E-state index contributed by atoms with van der Waals surface area (Å²) in [5, 5.41) is 0. The largest absolute Gasteiger partial charge is 0.496 e. The molecule has 0 radical (unpaired) electrons. The standard InChI is InChI=1S/C11H11Br2NO/c12-7-3-4-9(13)8(6-7)11(14)10-2-1-5-15-10/h2-4,6,11H,1,5,14H2. The van der Waals surface area contributed by atoms with Gasteiger partial charge < -0.3 is 10.5 Å². The first-order chi connectivity index (χ1) is 7.18. The molecule has 1 aromatic carbocycles. The Bertz CT molecular complexity index is 404. The molecule has 2 N–H and O–H groups in total. The maximum atomic E-state index is 6.13. The summed E-state index contributed by atoms with van der Waals surface area (Å²) in [7, 11) is 0. The van der Waals surface area contributed by atoms with Crippen molar-refractivity contribution in [2.75, 3.05) is 6.61 Å². The van der Waals surface area contributed by atoms with E-state index in [-0.39, 0.29) is 6.04 Å². The molecule has 1 aromatic rings. The predicted molar refractivity (Wildman–Crippen MR) is 67.4 cm³/mol. The molecule has 15 heavy (non-hydrogen) atoms. The van der Waals surface area contributed by atoms with Crippen molar-refractivity contribution >= 4 is 31.9 Å². The van der Waals surface area contributed by atoms with E-state index in [2.05, 4.69) is 37.9 Å². The third-order valence-electron chi connectivity index (χ3n) is 2.33. The molecule has 1 unspecified atom stereocenters. The van der Waals surface area contributed by atoms with Gasteiger partial charge in [-0.2, -0.15) is 0 Å². The number of hydrogen-bond donors (Lipinski definition) is 1. The van der Waals surface area contributed by atoms with Crippen LogP contribution in [0.2, 0.25) is 0 Å². The van der Waals surface area contributed by atoms with Crippen LogP contribution in [0.15, 0.2) is 39.0 Å². The molecule has 2 rings (SSSR count). The lowest BCUT2D eigenvalue weighted by Gasteiger charge is -2.15. The molecule has 0 aliphatic carbocycles. The van der Waals surface area contributed by atoms with E-state index in [9.17, 15) is 0 Å². The van der Waals surface area contributed by atoms with Gasteiger partial charge in [-0.3, -0.25) is 0 Å². The minimum atomic E-state index is -0.181. The molecule has 0 spiro atoms. The summed E-state index contributed by atoms with van der Waals surface area (Å²) in [5.74, 6) is 0.869. The highest BCUT2D eigenvalue weighted by atomic mass is 79.9. The van der Waals surface area contributed by atoms with Crippen LogP contribution in [0.3, 0.4) is 0 Å². The van der Waals surface area contributed by atoms with Crippen molar-refractivity contribution in [2.24, 2.45) is 5.73 Å². The molecule has 0 aromatic heterocycles. The maximum absolute atomic E-state index is 6.13. The molecular weight excluding hydrogens is 322 g/mol. The zero-order valence-corrected chi connectivity index (χ0v) is 11.2. The highest BCUT2D eigenvalue weighted by Gasteiger charge is 2.18. The van der Waals surface area contributed by atoms with Crippen molar-refractivity contribution < 1.29 is 4.74 Å². The quantitative estimate of drug-likeness (QED) is 0.899. The molecule has 1 aliphatic rings. The van der Waals surface area contributed by atoms with E-state index in [0.717, 1.165) is 33.3 Å². The minimum Gasteiger partial charge on any atom is -0.496 e. The molecule has 0 fully saturated rings. The molecule has 1 aliphatic heterocycles. The Labute approximate surface area is 106 Å². The van der Waals surface area contributed by atoms with E-state index in [1.165, 1.54) is 0 Å². The fraction of sp³-hybridized carbons (Fsp3) is 0.273. The van der Waals surface area contributed by atoms with E-state index < -0.39 is 0 Å². The van der Waals surface area contributed by atoms with Gasteiger partial charge in [-0.25, -0.2) is 0 Å².